The maximum atomic E-state index is 9.31. The Morgan fingerprint density at radius 3 is 2.83 bits per heavy atom. The van der Waals surface area contributed by atoms with Gasteiger partial charge in [-0.3, -0.25) is 0 Å². The van der Waals surface area contributed by atoms with Crippen molar-refractivity contribution in [2.75, 3.05) is 5.75 Å². The lowest BCUT2D eigenvalue weighted by Crippen LogP contribution is -1.77. The van der Waals surface area contributed by atoms with Gasteiger partial charge in [-0.05, 0) is 12.1 Å². The van der Waals surface area contributed by atoms with E-state index in [1.54, 1.807) is 12.1 Å². The molecule has 1 N–H and O–H groups in total. The standard InChI is InChI=1S/C9H9NOS/c10-6-3-7-12-9-5-2-1-4-8(9)11/h1-2,4-5,11H,3,7H2. The van der Waals surface area contributed by atoms with Gasteiger partial charge in [-0.1, -0.05) is 12.1 Å². The highest BCUT2D eigenvalue weighted by Gasteiger charge is 1.98. The van der Waals surface area contributed by atoms with Crippen LogP contribution in [0.3, 0.4) is 0 Å². The predicted octanol–water partition coefficient (Wildman–Crippen LogP) is 2.40. The molecule has 0 unspecified atom stereocenters. The van der Waals surface area contributed by atoms with Crippen molar-refractivity contribution in [2.24, 2.45) is 0 Å². The van der Waals surface area contributed by atoms with Crippen molar-refractivity contribution in [1.29, 1.82) is 5.26 Å². The fourth-order valence-electron chi connectivity index (χ4n) is 0.786. The summed E-state index contributed by atoms with van der Waals surface area (Å²) >= 11 is 1.50. The quantitative estimate of drug-likeness (QED) is 0.572. The summed E-state index contributed by atoms with van der Waals surface area (Å²) in [5.41, 5.74) is 0. The lowest BCUT2D eigenvalue weighted by molar-refractivity contribution is 0.462. The topological polar surface area (TPSA) is 44.0 Å². The molecule has 0 atom stereocenters. The van der Waals surface area contributed by atoms with Crippen molar-refractivity contribution in [1.82, 2.24) is 0 Å². The molecule has 0 radical (unpaired) electrons. The lowest BCUT2D eigenvalue weighted by atomic mass is 10.3. The second-order valence-electron chi connectivity index (χ2n) is 2.22. The molecule has 0 saturated carbocycles. The molecule has 1 aromatic rings. The third-order valence-corrected chi connectivity index (χ3v) is 2.40. The van der Waals surface area contributed by atoms with Crippen LogP contribution < -0.4 is 0 Å². The van der Waals surface area contributed by atoms with Gasteiger partial charge in [-0.2, -0.15) is 5.26 Å². The minimum Gasteiger partial charge on any atom is -0.507 e. The molecule has 12 heavy (non-hydrogen) atoms. The van der Waals surface area contributed by atoms with Gasteiger partial charge in [0.1, 0.15) is 5.75 Å². The Morgan fingerprint density at radius 2 is 2.17 bits per heavy atom. The summed E-state index contributed by atoms with van der Waals surface area (Å²) in [6, 6.07) is 9.20. The van der Waals surface area contributed by atoms with Gasteiger partial charge < -0.3 is 5.11 Å². The van der Waals surface area contributed by atoms with Gasteiger partial charge in [0, 0.05) is 17.1 Å². The molecule has 0 aliphatic carbocycles. The van der Waals surface area contributed by atoms with E-state index in [2.05, 4.69) is 6.07 Å². The van der Waals surface area contributed by atoms with Crippen LogP contribution in [0.2, 0.25) is 0 Å². The molecule has 0 aliphatic rings. The Bertz CT molecular complexity index is 293. The summed E-state index contributed by atoms with van der Waals surface area (Å²) in [4.78, 5) is 0.841. The molecule has 0 fully saturated rings. The summed E-state index contributed by atoms with van der Waals surface area (Å²) in [6.07, 6.45) is 0.513. The van der Waals surface area contributed by atoms with Crippen molar-refractivity contribution in [3.8, 4) is 11.8 Å². The smallest absolute Gasteiger partial charge is 0.129 e. The van der Waals surface area contributed by atoms with E-state index in [-0.39, 0.29) is 0 Å². The van der Waals surface area contributed by atoms with Gasteiger partial charge in [0.05, 0.1) is 6.07 Å². The van der Waals surface area contributed by atoms with Crippen molar-refractivity contribution in [2.45, 2.75) is 11.3 Å². The van der Waals surface area contributed by atoms with Crippen LogP contribution in [0.15, 0.2) is 29.2 Å². The highest BCUT2D eigenvalue weighted by atomic mass is 32.2. The van der Waals surface area contributed by atoms with E-state index in [9.17, 15) is 5.11 Å². The van der Waals surface area contributed by atoms with Gasteiger partial charge in [-0.15, -0.1) is 11.8 Å². The van der Waals surface area contributed by atoms with E-state index in [0.717, 1.165) is 10.6 Å². The molecule has 0 bridgehead atoms. The highest BCUT2D eigenvalue weighted by molar-refractivity contribution is 7.99. The molecule has 0 spiro atoms. The Morgan fingerprint density at radius 1 is 1.42 bits per heavy atom. The first-order valence-corrected chi connectivity index (χ1v) is 4.61. The Labute approximate surface area is 75.8 Å². The van der Waals surface area contributed by atoms with Crippen LogP contribution in [0.4, 0.5) is 0 Å². The maximum Gasteiger partial charge on any atom is 0.129 e. The number of nitrogens with zero attached hydrogens (tertiary/aromatic N) is 1. The number of hydrogen-bond acceptors (Lipinski definition) is 3. The molecule has 3 heteroatoms. The fourth-order valence-corrected chi connectivity index (χ4v) is 1.59. The molecule has 1 rings (SSSR count). The summed E-state index contributed by atoms with van der Waals surface area (Å²) in [7, 11) is 0. The zero-order valence-corrected chi connectivity index (χ0v) is 7.34. The molecule has 0 heterocycles. The average Bonchev–Trinajstić information content (AvgIpc) is 2.09. The van der Waals surface area contributed by atoms with Crippen LogP contribution in [0.25, 0.3) is 0 Å². The third kappa shape index (κ3) is 2.48. The molecule has 62 valence electrons. The van der Waals surface area contributed by atoms with Gasteiger partial charge >= 0.3 is 0 Å². The third-order valence-electron chi connectivity index (χ3n) is 1.34. The first-order chi connectivity index (χ1) is 5.84. The average molecular weight is 179 g/mol. The van der Waals surface area contributed by atoms with Gasteiger partial charge in [0.15, 0.2) is 0 Å². The second-order valence-corrected chi connectivity index (χ2v) is 3.36. The highest BCUT2D eigenvalue weighted by Crippen LogP contribution is 2.27. The molecule has 0 saturated heterocycles. The van der Waals surface area contributed by atoms with Crippen molar-refractivity contribution in [3.63, 3.8) is 0 Å². The molecule has 0 amide bonds. The first-order valence-electron chi connectivity index (χ1n) is 3.62. The molecular formula is C9H9NOS. The van der Waals surface area contributed by atoms with Crippen LogP contribution in [-0.4, -0.2) is 10.9 Å². The van der Waals surface area contributed by atoms with E-state index < -0.39 is 0 Å². The predicted molar refractivity (Wildman–Crippen MR) is 49.1 cm³/mol. The number of thioether (sulfide) groups is 1. The number of hydrogen-bond donors (Lipinski definition) is 1. The molecular weight excluding hydrogens is 170 g/mol. The van der Waals surface area contributed by atoms with Gasteiger partial charge in [-0.25, -0.2) is 0 Å². The van der Waals surface area contributed by atoms with E-state index >= 15 is 0 Å². The van der Waals surface area contributed by atoms with Crippen LogP contribution >= 0.6 is 11.8 Å². The monoisotopic (exact) mass is 179 g/mol. The summed E-state index contributed by atoms with van der Waals surface area (Å²) in [5, 5.41) is 17.6. The summed E-state index contributed by atoms with van der Waals surface area (Å²) < 4.78 is 0. The largest absolute Gasteiger partial charge is 0.507 e. The SMILES string of the molecule is N#CCCSc1ccccc1O. The Hall–Kier alpha value is -1.14. The minimum absolute atomic E-state index is 0.292. The minimum atomic E-state index is 0.292. The number of rotatable bonds is 3. The fraction of sp³-hybridized carbons (Fsp3) is 0.222. The van der Waals surface area contributed by atoms with Gasteiger partial charge in [0.25, 0.3) is 0 Å². The Kier molecular flexibility index (Phi) is 3.49. The lowest BCUT2D eigenvalue weighted by Gasteiger charge is -2.00. The van der Waals surface area contributed by atoms with Crippen LogP contribution in [0, 0.1) is 11.3 Å². The molecule has 0 aromatic heterocycles. The summed E-state index contributed by atoms with van der Waals surface area (Å²) in [6.45, 7) is 0. The zero-order chi connectivity index (χ0) is 8.81. The van der Waals surface area contributed by atoms with Crippen molar-refractivity contribution >= 4 is 11.8 Å². The van der Waals surface area contributed by atoms with E-state index in [1.165, 1.54) is 11.8 Å². The number of aromatic hydroxyl groups is 1. The molecule has 0 aliphatic heterocycles. The van der Waals surface area contributed by atoms with E-state index in [1.807, 2.05) is 12.1 Å². The number of phenols is 1. The van der Waals surface area contributed by atoms with E-state index in [4.69, 9.17) is 5.26 Å². The van der Waals surface area contributed by atoms with Crippen LogP contribution in [-0.2, 0) is 0 Å². The Balaban J connectivity index is 2.53. The normalized spacial score (nSPS) is 9.25. The zero-order valence-electron chi connectivity index (χ0n) is 6.53. The summed E-state index contributed by atoms with van der Waals surface area (Å²) in [5.74, 6) is 1.02. The molecule has 1 aromatic carbocycles. The van der Waals surface area contributed by atoms with Crippen molar-refractivity contribution < 1.29 is 5.11 Å². The van der Waals surface area contributed by atoms with Crippen LogP contribution in [0.1, 0.15) is 6.42 Å². The van der Waals surface area contributed by atoms with E-state index in [0.29, 0.717) is 12.2 Å². The maximum absolute atomic E-state index is 9.31. The van der Waals surface area contributed by atoms with Crippen molar-refractivity contribution in [3.05, 3.63) is 24.3 Å². The number of phenolic OH excluding ortho intramolecular Hbond substituents is 1. The number of nitriles is 1. The second kappa shape index (κ2) is 4.68. The molecule has 2 nitrogen and oxygen atoms in total. The first kappa shape index (κ1) is 8.95. The number of benzene rings is 1. The van der Waals surface area contributed by atoms with Gasteiger partial charge in [0.2, 0.25) is 0 Å². The van der Waals surface area contributed by atoms with Crippen LogP contribution in [0.5, 0.6) is 5.75 Å². The number of para-hydroxylation sites is 1.